The summed E-state index contributed by atoms with van der Waals surface area (Å²) in [5, 5.41) is 10.1. The van der Waals surface area contributed by atoms with E-state index in [-0.39, 0.29) is 6.42 Å². The third-order valence-corrected chi connectivity index (χ3v) is 3.15. The van der Waals surface area contributed by atoms with Crippen LogP contribution in [-0.2, 0) is 19.2 Å². The van der Waals surface area contributed by atoms with Gasteiger partial charge in [0.05, 0.1) is 0 Å². The molecule has 0 saturated heterocycles. The summed E-state index contributed by atoms with van der Waals surface area (Å²) in [6.45, 7) is 3.52. The minimum absolute atomic E-state index is 0.113. The van der Waals surface area contributed by atoms with Gasteiger partial charge >= 0.3 is 0 Å². The number of carbonyl (C=O) groups excluding carboxylic acids is 4. The lowest BCUT2D eigenvalue weighted by Crippen LogP contribution is -2.66. The molecule has 0 aliphatic rings. The average Bonchev–Trinajstić information content (AvgIpc) is 2.39. The molecule has 4 N–H and O–H groups in total. The highest BCUT2D eigenvalue weighted by molar-refractivity contribution is 5.55. The molecule has 0 bridgehead atoms. The van der Waals surface area contributed by atoms with Gasteiger partial charge in [-0.3, -0.25) is 19.2 Å². The fraction of sp³-hybridized carbons (Fsp3) is 0.636. The molecule has 4 amide bonds. The molecule has 0 spiro atoms. The molecule has 19 heavy (non-hydrogen) atoms. The van der Waals surface area contributed by atoms with Gasteiger partial charge in [-0.1, -0.05) is 13.8 Å². The van der Waals surface area contributed by atoms with Gasteiger partial charge in [-0.2, -0.15) is 0 Å². The van der Waals surface area contributed by atoms with E-state index in [4.69, 9.17) is 0 Å². The first kappa shape index (κ1) is 16.9. The Labute approximate surface area is 111 Å². The first-order chi connectivity index (χ1) is 9.07. The first-order valence-corrected chi connectivity index (χ1v) is 5.93. The van der Waals surface area contributed by atoms with E-state index in [0.717, 1.165) is 0 Å². The van der Waals surface area contributed by atoms with Crippen LogP contribution >= 0.6 is 0 Å². The summed E-state index contributed by atoms with van der Waals surface area (Å²) in [6.07, 6.45) is 2.72. The number of rotatable bonds is 12. The number of hydrogen-bond donors (Lipinski definition) is 4. The Hall–Kier alpha value is -2.12. The van der Waals surface area contributed by atoms with Gasteiger partial charge in [0.25, 0.3) is 0 Å². The summed E-state index contributed by atoms with van der Waals surface area (Å²) in [5.41, 5.74) is -2.10. The van der Waals surface area contributed by atoms with E-state index in [1.807, 2.05) is 0 Å². The molecule has 8 nitrogen and oxygen atoms in total. The topological polar surface area (TPSA) is 116 Å². The van der Waals surface area contributed by atoms with Crippen molar-refractivity contribution in [3.63, 3.8) is 0 Å². The zero-order chi connectivity index (χ0) is 14.8. The molecule has 0 aliphatic heterocycles. The molecule has 0 aromatic heterocycles. The van der Waals surface area contributed by atoms with Crippen molar-refractivity contribution in [1.29, 1.82) is 0 Å². The standard InChI is InChI=1S/C11H20N4O4/c1-3-10(12-6-16,13-7-17)5-11(4-2,14-8-18)15-9-19/h6-9H,3-5H2,1-2H3,(H,12,16)(H,13,17)(H,14,18)(H,15,19). The van der Waals surface area contributed by atoms with Crippen molar-refractivity contribution in [2.75, 3.05) is 0 Å². The number of nitrogens with one attached hydrogen (secondary N) is 4. The zero-order valence-corrected chi connectivity index (χ0v) is 11.1. The van der Waals surface area contributed by atoms with Crippen molar-refractivity contribution in [2.45, 2.75) is 44.4 Å². The fourth-order valence-corrected chi connectivity index (χ4v) is 1.91. The highest BCUT2D eigenvalue weighted by Crippen LogP contribution is 2.21. The van der Waals surface area contributed by atoms with Gasteiger partial charge in [0.1, 0.15) is 11.3 Å². The fourth-order valence-electron chi connectivity index (χ4n) is 1.91. The Balaban J connectivity index is 5.29. The van der Waals surface area contributed by atoms with E-state index in [1.54, 1.807) is 13.8 Å². The van der Waals surface area contributed by atoms with Crippen LogP contribution in [0.2, 0.25) is 0 Å². The van der Waals surface area contributed by atoms with Crippen molar-refractivity contribution in [3.8, 4) is 0 Å². The molecular weight excluding hydrogens is 252 g/mol. The summed E-state index contributed by atoms with van der Waals surface area (Å²) < 4.78 is 0. The maximum absolute atomic E-state index is 10.7. The van der Waals surface area contributed by atoms with Gasteiger partial charge in [-0.05, 0) is 12.8 Å². The third kappa shape index (κ3) is 4.57. The maximum Gasteiger partial charge on any atom is 0.208 e. The normalized spacial score (nSPS) is 11.1. The first-order valence-electron chi connectivity index (χ1n) is 5.93. The van der Waals surface area contributed by atoms with Crippen molar-refractivity contribution in [1.82, 2.24) is 21.3 Å². The van der Waals surface area contributed by atoms with E-state index in [0.29, 0.717) is 38.5 Å². The Morgan fingerprint density at radius 1 is 0.684 bits per heavy atom. The molecule has 108 valence electrons. The quantitative estimate of drug-likeness (QED) is 0.257. The lowest BCUT2D eigenvalue weighted by atomic mass is 9.90. The van der Waals surface area contributed by atoms with E-state index in [1.165, 1.54) is 0 Å². The SMILES string of the molecule is CCC(CC(CC)(NC=O)NC=O)(NC=O)NC=O. The monoisotopic (exact) mass is 272 g/mol. The van der Waals surface area contributed by atoms with Crippen LogP contribution in [0, 0.1) is 0 Å². The second kappa shape index (κ2) is 8.06. The smallest absolute Gasteiger partial charge is 0.208 e. The van der Waals surface area contributed by atoms with E-state index >= 15 is 0 Å². The Bertz CT molecular complexity index is 272. The van der Waals surface area contributed by atoms with E-state index < -0.39 is 11.3 Å². The van der Waals surface area contributed by atoms with Crippen LogP contribution < -0.4 is 21.3 Å². The highest BCUT2D eigenvalue weighted by Gasteiger charge is 2.39. The summed E-state index contributed by atoms with van der Waals surface area (Å²) in [4.78, 5) is 42.8. The lowest BCUT2D eigenvalue weighted by Gasteiger charge is -2.41. The van der Waals surface area contributed by atoms with Gasteiger partial charge in [0.15, 0.2) is 0 Å². The van der Waals surface area contributed by atoms with Gasteiger partial charge in [0.2, 0.25) is 25.6 Å². The Morgan fingerprint density at radius 2 is 0.947 bits per heavy atom. The number of hydrogen-bond acceptors (Lipinski definition) is 4. The van der Waals surface area contributed by atoms with Gasteiger partial charge in [-0.25, -0.2) is 0 Å². The molecule has 0 unspecified atom stereocenters. The Kier molecular flexibility index (Phi) is 7.16. The summed E-state index contributed by atoms with van der Waals surface area (Å²) in [7, 11) is 0. The third-order valence-electron chi connectivity index (χ3n) is 3.15. The van der Waals surface area contributed by atoms with Crippen LogP contribution in [-0.4, -0.2) is 37.0 Å². The second-order valence-corrected chi connectivity index (χ2v) is 4.10. The summed E-state index contributed by atoms with van der Waals surface area (Å²) in [5.74, 6) is 0. The zero-order valence-electron chi connectivity index (χ0n) is 11.1. The largest absolute Gasteiger partial charge is 0.336 e. The predicted octanol–water partition coefficient (Wildman–Crippen LogP) is -1.43. The minimum atomic E-state index is -1.05. The lowest BCUT2D eigenvalue weighted by molar-refractivity contribution is -0.116. The van der Waals surface area contributed by atoms with Crippen LogP contribution in [0.1, 0.15) is 33.1 Å². The van der Waals surface area contributed by atoms with Gasteiger partial charge < -0.3 is 21.3 Å². The highest BCUT2D eigenvalue weighted by atomic mass is 16.1. The van der Waals surface area contributed by atoms with E-state index in [2.05, 4.69) is 21.3 Å². The molecule has 0 aliphatic carbocycles. The number of amides is 4. The van der Waals surface area contributed by atoms with Gasteiger partial charge in [-0.15, -0.1) is 0 Å². The molecule has 0 heterocycles. The van der Waals surface area contributed by atoms with Crippen LogP contribution in [0.5, 0.6) is 0 Å². The van der Waals surface area contributed by atoms with Crippen molar-refractivity contribution in [2.24, 2.45) is 0 Å². The van der Waals surface area contributed by atoms with E-state index in [9.17, 15) is 19.2 Å². The molecule has 0 aromatic carbocycles. The van der Waals surface area contributed by atoms with Crippen LogP contribution in [0.3, 0.4) is 0 Å². The molecule has 0 fully saturated rings. The van der Waals surface area contributed by atoms with Crippen molar-refractivity contribution >= 4 is 25.6 Å². The van der Waals surface area contributed by atoms with Crippen molar-refractivity contribution < 1.29 is 19.2 Å². The minimum Gasteiger partial charge on any atom is -0.336 e. The molecule has 0 rings (SSSR count). The second-order valence-electron chi connectivity index (χ2n) is 4.10. The number of carbonyl (C=O) groups is 4. The summed E-state index contributed by atoms with van der Waals surface area (Å²) >= 11 is 0. The summed E-state index contributed by atoms with van der Waals surface area (Å²) in [6, 6.07) is 0. The molecule has 0 saturated carbocycles. The van der Waals surface area contributed by atoms with Crippen LogP contribution in [0.25, 0.3) is 0 Å². The maximum atomic E-state index is 10.7. The molecule has 0 radical (unpaired) electrons. The van der Waals surface area contributed by atoms with Gasteiger partial charge in [0, 0.05) is 6.42 Å². The predicted molar refractivity (Wildman–Crippen MR) is 67.5 cm³/mol. The van der Waals surface area contributed by atoms with Crippen LogP contribution in [0.15, 0.2) is 0 Å². The molecular formula is C11H20N4O4. The molecule has 0 atom stereocenters. The van der Waals surface area contributed by atoms with Crippen LogP contribution in [0.4, 0.5) is 0 Å². The average molecular weight is 272 g/mol. The Morgan fingerprint density at radius 3 is 1.11 bits per heavy atom. The molecule has 8 heteroatoms. The molecule has 0 aromatic rings. The van der Waals surface area contributed by atoms with Crippen molar-refractivity contribution in [3.05, 3.63) is 0 Å².